The Morgan fingerprint density at radius 1 is 1.29 bits per heavy atom. The van der Waals surface area contributed by atoms with E-state index in [1.54, 1.807) is 0 Å². The number of hydrogen-bond donors (Lipinski definition) is 2. The fraction of sp³-hybridized carbons (Fsp3) is 0.364. The van der Waals surface area contributed by atoms with Gasteiger partial charge in [0.15, 0.2) is 0 Å². The van der Waals surface area contributed by atoms with E-state index in [1.807, 2.05) is 24.3 Å². The van der Waals surface area contributed by atoms with Crippen LogP contribution in [0, 0.1) is 0 Å². The largest absolute Gasteiger partial charge is 0.354 e. The molecular formula is C11H16NOS+. The number of rotatable bonds is 1. The molecule has 0 aliphatic heterocycles. The van der Waals surface area contributed by atoms with Crippen LogP contribution >= 0.6 is 12.8 Å². The molecule has 0 aromatic heterocycles. The zero-order chi connectivity index (χ0) is 10.8. The van der Waals surface area contributed by atoms with E-state index >= 15 is 0 Å². The predicted molar refractivity (Wildman–Crippen MR) is 60.4 cm³/mol. The van der Waals surface area contributed by atoms with Crippen molar-refractivity contribution in [3.05, 3.63) is 35.4 Å². The molecule has 1 rings (SSSR count). The minimum Gasteiger partial charge on any atom is -0.225 e. The molecule has 1 aromatic rings. The average molecular weight is 210 g/mol. The topological polar surface area (TPSA) is 33.7 Å². The van der Waals surface area contributed by atoms with Gasteiger partial charge in [0.05, 0.1) is 18.4 Å². The van der Waals surface area contributed by atoms with E-state index in [2.05, 4.69) is 33.6 Å². The van der Waals surface area contributed by atoms with Crippen LogP contribution in [-0.4, -0.2) is 5.91 Å². The van der Waals surface area contributed by atoms with Crippen LogP contribution in [0.15, 0.2) is 24.3 Å². The van der Waals surface area contributed by atoms with Crippen LogP contribution in [0.1, 0.15) is 36.7 Å². The molecule has 1 aromatic carbocycles. The summed E-state index contributed by atoms with van der Waals surface area (Å²) in [6.45, 7) is 6.28. The molecule has 0 bridgehead atoms. The molecule has 0 spiro atoms. The summed E-state index contributed by atoms with van der Waals surface area (Å²) in [5, 5.41) is 0. The van der Waals surface area contributed by atoms with Crippen LogP contribution in [-0.2, 0) is 5.41 Å². The van der Waals surface area contributed by atoms with Gasteiger partial charge in [-0.15, -0.1) is 0 Å². The van der Waals surface area contributed by atoms with Gasteiger partial charge in [-0.2, -0.15) is 0 Å². The van der Waals surface area contributed by atoms with E-state index in [0.29, 0.717) is 0 Å². The lowest BCUT2D eigenvalue weighted by molar-refractivity contribution is -0.362. The highest BCUT2D eigenvalue weighted by atomic mass is 32.1. The van der Waals surface area contributed by atoms with Crippen molar-refractivity contribution in [1.82, 2.24) is 0 Å². The van der Waals surface area contributed by atoms with Crippen molar-refractivity contribution in [2.45, 2.75) is 26.2 Å². The van der Waals surface area contributed by atoms with Gasteiger partial charge in [-0.05, 0) is 17.0 Å². The molecule has 0 unspecified atom stereocenters. The fourth-order valence-electron chi connectivity index (χ4n) is 1.42. The summed E-state index contributed by atoms with van der Waals surface area (Å²) in [6, 6.07) is 7.66. The third-order valence-corrected chi connectivity index (χ3v) is 2.35. The van der Waals surface area contributed by atoms with Gasteiger partial charge in [0.1, 0.15) is 0 Å². The minimum atomic E-state index is -0.0288. The number of primary amides is 1. The average Bonchev–Trinajstić information content (AvgIpc) is 2.15. The standard InChI is InChI=1S/C11H15NOS/c1-11(2,3)9-7-5-4-6-8(9)10(13)12-14/h4-7,14H,1-3H3,(H,12,13)/p+1. The first kappa shape index (κ1) is 11.3. The first-order chi connectivity index (χ1) is 6.46. The van der Waals surface area contributed by atoms with Gasteiger partial charge in [-0.25, -0.2) is 9.52 Å². The first-order valence-electron chi connectivity index (χ1n) is 4.58. The van der Waals surface area contributed by atoms with Gasteiger partial charge in [0.25, 0.3) is 0 Å². The molecule has 0 atom stereocenters. The zero-order valence-electron chi connectivity index (χ0n) is 8.74. The van der Waals surface area contributed by atoms with Crippen molar-refractivity contribution < 1.29 is 9.52 Å². The van der Waals surface area contributed by atoms with Gasteiger partial charge in [0, 0.05) is 0 Å². The molecule has 14 heavy (non-hydrogen) atoms. The second-order valence-corrected chi connectivity index (χ2v) is 4.55. The van der Waals surface area contributed by atoms with Crippen molar-refractivity contribution in [2.24, 2.45) is 0 Å². The van der Waals surface area contributed by atoms with Gasteiger partial charge in [-0.3, -0.25) is 0 Å². The van der Waals surface area contributed by atoms with E-state index in [4.69, 9.17) is 0 Å². The lowest BCUT2D eigenvalue weighted by Gasteiger charge is -2.20. The Hall–Kier alpha value is -0.800. The number of carbonyl (C=O) groups is 1. The third-order valence-electron chi connectivity index (χ3n) is 2.12. The second kappa shape index (κ2) is 4.15. The molecule has 76 valence electrons. The van der Waals surface area contributed by atoms with Gasteiger partial charge in [-0.1, -0.05) is 39.0 Å². The molecule has 2 N–H and O–H groups in total. The van der Waals surface area contributed by atoms with E-state index in [0.717, 1.165) is 11.1 Å². The lowest BCUT2D eigenvalue weighted by Crippen LogP contribution is -2.77. The zero-order valence-corrected chi connectivity index (χ0v) is 9.64. The summed E-state index contributed by atoms with van der Waals surface area (Å²) in [4.78, 5) is 11.5. The van der Waals surface area contributed by atoms with Crippen LogP contribution in [0.4, 0.5) is 0 Å². The van der Waals surface area contributed by atoms with Crippen LogP contribution in [0.5, 0.6) is 0 Å². The van der Waals surface area contributed by atoms with Crippen LogP contribution < -0.4 is 4.72 Å². The van der Waals surface area contributed by atoms with Crippen LogP contribution in [0.2, 0.25) is 0 Å². The quantitative estimate of drug-likeness (QED) is 0.677. The predicted octanol–water partition coefficient (Wildman–Crippen LogP) is 1.53. The molecule has 1 amide bonds. The molecule has 0 saturated heterocycles. The highest BCUT2D eigenvalue weighted by molar-refractivity contribution is 7.73. The molecule has 0 aliphatic rings. The Balaban J connectivity index is 3.23. The number of benzene rings is 1. The van der Waals surface area contributed by atoms with Crippen LogP contribution in [0.25, 0.3) is 0 Å². The maximum absolute atomic E-state index is 11.5. The molecule has 2 nitrogen and oxygen atoms in total. The summed E-state index contributed by atoms with van der Waals surface area (Å²) in [7, 11) is 0. The molecule has 0 fully saturated rings. The van der Waals surface area contributed by atoms with Gasteiger partial charge in [0.2, 0.25) is 0 Å². The Bertz CT molecular complexity index is 341. The van der Waals surface area contributed by atoms with Crippen molar-refractivity contribution in [3.8, 4) is 0 Å². The molecule has 3 heteroatoms. The highest BCUT2D eigenvalue weighted by Crippen LogP contribution is 2.24. The lowest BCUT2D eigenvalue weighted by atomic mass is 9.83. The Morgan fingerprint density at radius 3 is 2.36 bits per heavy atom. The van der Waals surface area contributed by atoms with Crippen molar-refractivity contribution >= 4 is 18.7 Å². The molecular weight excluding hydrogens is 194 g/mol. The number of amides is 1. The Kier molecular flexibility index (Phi) is 3.34. The molecule has 0 aliphatic carbocycles. The van der Waals surface area contributed by atoms with Crippen molar-refractivity contribution in [1.29, 1.82) is 0 Å². The summed E-state index contributed by atoms with van der Waals surface area (Å²) in [5.41, 5.74) is 1.80. The van der Waals surface area contributed by atoms with Crippen molar-refractivity contribution in [3.63, 3.8) is 0 Å². The number of quaternary nitrogens is 1. The minimum absolute atomic E-state index is 0.0109. The summed E-state index contributed by atoms with van der Waals surface area (Å²) < 4.78 is 1.31. The van der Waals surface area contributed by atoms with E-state index in [-0.39, 0.29) is 11.3 Å². The molecule has 0 radical (unpaired) electrons. The highest BCUT2D eigenvalue weighted by Gasteiger charge is 2.22. The Morgan fingerprint density at radius 2 is 1.86 bits per heavy atom. The maximum atomic E-state index is 11.5. The van der Waals surface area contributed by atoms with Gasteiger partial charge >= 0.3 is 5.91 Å². The smallest absolute Gasteiger partial charge is 0.225 e. The summed E-state index contributed by atoms with van der Waals surface area (Å²) >= 11 is 3.90. The van der Waals surface area contributed by atoms with E-state index in [9.17, 15) is 4.79 Å². The normalized spacial score (nSPS) is 11.4. The van der Waals surface area contributed by atoms with E-state index < -0.39 is 0 Å². The number of thiol groups is 1. The Labute approximate surface area is 90.3 Å². The summed E-state index contributed by atoms with van der Waals surface area (Å²) in [6.07, 6.45) is 0. The number of hydrogen-bond acceptors (Lipinski definition) is 2. The third kappa shape index (κ3) is 2.36. The molecule has 0 saturated carbocycles. The number of carbonyl (C=O) groups excluding carboxylic acids is 1. The van der Waals surface area contributed by atoms with Crippen molar-refractivity contribution in [2.75, 3.05) is 0 Å². The van der Waals surface area contributed by atoms with E-state index in [1.165, 1.54) is 4.72 Å². The molecule has 0 heterocycles. The maximum Gasteiger partial charge on any atom is 0.354 e. The number of nitrogens with two attached hydrogens (primary N) is 1. The first-order valence-corrected chi connectivity index (χ1v) is 5.09. The second-order valence-electron chi connectivity index (χ2n) is 4.29. The SMILES string of the molecule is CC(C)(C)c1ccccc1C(=O)[NH2+]S. The van der Waals surface area contributed by atoms with Crippen LogP contribution in [0.3, 0.4) is 0 Å². The monoisotopic (exact) mass is 210 g/mol. The van der Waals surface area contributed by atoms with Gasteiger partial charge < -0.3 is 0 Å². The fourth-order valence-corrected chi connectivity index (χ4v) is 1.56. The summed E-state index contributed by atoms with van der Waals surface area (Å²) in [5.74, 6) is -0.0288.